The van der Waals surface area contributed by atoms with E-state index in [9.17, 15) is 4.79 Å². The molecule has 106 valence electrons. The number of rotatable bonds is 7. The van der Waals surface area contributed by atoms with Gasteiger partial charge in [-0.05, 0) is 24.5 Å². The summed E-state index contributed by atoms with van der Waals surface area (Å²) in [6, 6.07) is 5.17. The first kappa shape index (κ1) is 16.0. The Bertz CT molecular complexity index is 435. The third-order valence-corrected chi connectivity index (χ3v) is 3.29. The lowest BCUT2D eigenvalue weighted by molar-refractivity contribution is -0.140. The molecule has 5 heteroatoms. The van der Waals surface area contributed by atoms with Gasteiger partial charge in [0.25, 0.3) is 0 Å². The maximum atomic E-state index is 11.2. The molecule has 0 aromatic heterocycles. The second-order valence-electron chi connectivity index (χ2n) is 4.86. The smallest absolute Gasteiger partial charge is 0.320 e. The lowest BCUT2D eigenvalue weighted by Crippen LogP contribution is -2.37. The predicted octanol–water partition coefficient (Wildman–Crippen LogP) is 3.05. The number of carboxylic acids is 1. The number of nitrogens with one attached hydrogen (secondary N) is 1. The molecule has 2 N–H and O–H groups in total. The molecule has 0 bridgehead atoms. The zero-order valence-corrected chi connectivity index (χ0v) is 13.0. The van der Waals surface area contributed by atoms with Crippen molar-refractivity contribution in [3.8, 4) is 5.75 Å². The van der Waals surface area contributed by atoms with E-state index in [2.05, 4.69) is 21.2 Å². The summed E-state index contributed by atoms with van der Waals surface area (Å²) in [5.41, 5.74) is 0.945. The van der Waals surface area contributed by atoms with Crippen LogP contribution in [0.25, 0.3) is 0 Å². The largest absolute Gasteiger partial charge is 0.496 e. The Balaban J connectivity index is 2.71. The number of benzene rings is 1. The average molecular weight is 330 g/mol. The van der Waals surface area contributed by atoms with Crippen molar-refractivity contribution in [2.45, 2.75) is 32.9 Å². The molecule has 0 saturated carbocycles. The molecular weight excluding hydrogens is 310 g/mol. The number of carbonyl (C=O) groups is 1. The van der Waals surface area contributed by atoms with E-state index in [0.717, 1.165) is 15.8 Å². The van der Waals surface area contributed by atoms with Gasteiger partial charge in [-0.3, -0.25) is 4.79 Å². The van der Waals surface area contributed by atoms with Crippen LogP contribution in [0.15, 0.2) is 22.7 Å². The highest BCUT2D eigenvalue weighted by Gasteiger charge is 2.18. The van der Waals surface area contributed by atoms with Crippen LogP contribution in [0.2, 0.25) is 0 Å². The molecule has 1 atom stereocenters. The second kappa shape index (κ2) is 7.50. The van der Waals surface area contributed by atoms with Gasteiger partial charge in [-0.25, -0.2) is 0 Å². The summed E-state index contributed by atoms with van der Waals surface area (Å²) >= 11 is 3.38. The average Bonchev–Trinajstić information content (AvgIpc) is 2.34. The molecule has 1 aromatic rings. The maximum Gasteiger partial charge on any atom is 0.320 e. The molecule has 0 fully saturated rings. The van der Waals surface area contributed by atoms with Crippen molar-refractivity contribution in [3.63, 3.8) is 0 Å². The van der Waals surface area contributed by atoms with Gasteiger partial charge >= 0.3 is 5.97 Å². The van der Waals surface area contributed by atoms with Crippen LogP contribution in [0.4, 0.5) is 0 Å². The van der Waals surface area contributed by atoms with E-state index in [0.29, 0.717) is 18.9 Å². The van der Waals surface area contributed by atoms with Gasteiger partial charge in [0.1, 0.15) is 11.8 Å². The Morgan fingerprint density at radius 2 is 2.16 bits per heavy atom. The molecule has 19 heavy (non-hydrogen) atoms. The number of aliphatic carboxylic acids is 1. The number of hydrogen-bond acceptors (Lipinski definition) is 3. The molecule has 1 unspecified atom stereocenters. The number of ether oxygens (including phenoxy) is 1. The third-order valence-electron chi connectivity index (χ3n) is 2.79. The zero-order valence-electron chi connectivity index (χ0n) is 11.4. The van der Waals surface area contributed by atoms with Crippen molar-refractivity contribution in [1.82, 2.24) is 5.32 Å². The predicted molar refractivity (Wildman–Crippen MR) is 78.4 cm³/mol. The van der Waals surface area contributed by atoms with Gasteiger partial charge in [0.05, 0.1) is 7.11 Å². The first-order chi connectivity index (χ1) is 8.93. The van der Waals surface area contributed by atoms with Gasteiger partial charge < -0.3 is 15.2 Å². The molecule has 0 saturated heterocycles. The minimum atomic E-state index is -0.815. The second-order valence-corrected chi connectivity index (χ2v) is 5.77. The summed E-state index contributed by atoms with van der Waals surface area (Å²) in [5.74, 6) is 0.265. The SMILES string of the molecule is COc1cc(Br)ccc1CNC(CC(C)C)C(=O)O. The summed E-state index contributed by atoms with van der Waals surface area (Å²) in [5, 5.41) is 12.2. The quantitative estimate of drug-likeness (QED) is 0.807. The van der Waals surface area contributed by atoms with Gasteiger partial charge in [0.2, 0.25) is 0 Å². The van der Waals surface area contributed by atoms with E-state index in [1.165, 1.54) is 0 Å². The molecule has 0 amide bonds. The van der Waals surface area contributed by atoms with Crippen molar-refractivity contribution in [2.75, 3.05) is 7.11 Å². The first-order valence-electron chi connectivity index (χ1n) is 6.22. The van der Waals surface area contributed by atoms with Crippen LogP contribution in [0.1, 0.15) is 25.8 Å². The number of hydrogen-bond donors (Lipinski definition) is 2. The summed E-state index contributed by atoms with van der Waals surface area (Å²) in [6.07, 6.45) is 0.605. The zero-order chi connectivity index (χ0) is 14.4. The number of methoxy groups -OCH3 is 1. The van der Waals surface area contributed by atoms with Crippen LogP contribution in [-0.4, -0.2) is 24.2 Å². The highest BCUT2D eigenvalue weighted by molar-refractivity contribution is 9.10. The van der Waals surface area contributed by atoms with Crippen LogP contribution in [-0.2, 0) is 11.3 Å². The minimum absolute atomic E-state index is 0.334. The molecule has 0 aliphatic rings. The molecule has 0 aliphatic heterocycles. The van der Waals surface area contributed by atoms with Crippen molar-refractivity contribution in [3.05, 3.63) is 28.2 Å². The van der Waals surface area contributed by atoms with E-state index in [-0.39, 0.29) is 0 Å². The Labute approximate surface area is 122 Å². The van der Waals surface area contributed by atoms with E-state index >= 15 is 0 Å². The van der Waals surface area contributed by atoms with E-state index in [4.69, 9.17) is 9.84 Å². The van der Waals surface area contributed by atoms with Gasteiger partial charge in [0.15, 0.2) is 0 Å². The fourth-order valence-electron chi connectivity index (χ4n) is 1.84. The fraction of sp³-hybridized carbons (Fsp3) is 0.500. The highest BCUT2D eigenvalue weighted by atomic mass is 79.9. The number of halogens is 1. The minimum Gasteiger partial charge on any atom is -0.496 e. The number of carboxylic acid groups (broad SMARTS) is 1. The van der Waals surface area contributed by atoms with E-state index in [1.807, 2.05) is 32.0 Å². The molecular formula is C14H20BrNO3. The first-order valence-corrected chi connectivity index (χ1v) is 7.02. The van der Waals surface area contributed by atoms with Crippen LogP contribution < -0.4 is 10.1 Å². The normalized spacial score (nSPS) is 12.5. The molecule has 0 radical (unpaired) electrons. The summed E-state index contributed by atoms with van der Waals surface area (Å²) < 4.78 is 6.22. The highest BCUT2D eigenvalue weighted by Crippen LogP contribution is 2.23. The summed E-state index contributed by atoms with van der Waals surface area (Å²) in [7, 11) is 1.61. The topological polar surface area (TPSA) is 58.6 Å². The molecule has 0 heterocycles. The van der Waals surface area contributed by atoms with Crippen LogP contribution >= 0.6 is 15.9 Å². The third kappa shape index (κ3) is 5.20. The monoisotopic (exact) mass is 329 g/mol. The Hall–Kier alpha value is -1.07. The van der Waals surface area contributed by atoms with E-state index in [1.54, 1.807) is 7.11 Å². The Morgan fingerprint density at radius 3 is 2.68 bits per heavy atom. The van der Waals surface area contributed by atoms with Gasteiger partial charge in [-0.1, -0.05) is 35.8 Å². The van der Waals surface area contributed by atoms with Crippen LogP contribution in [0, 0.1) is 5.92 Å². The fourth-order valence-corrected chi connectivity index (χ4v) is 2.18. The maximum absolute atomic E-state index is 11.2. The van der Waals surface area contributed by atoms with E-state index < -0.39 is 12.0 Å². The molecule has 0 spiro atoms. The van der Waals surface area contributed by atoms with Gasteiger partial charge in [0, 0.05) is 16.6 Å². The van der Waals surface area contributed by atoms with Crippen molar-refractivity contribution in [2.24, 2.45) is 5.92 Å². The Morgan fingerprint density at radius 1 is 1.47 bits per heavy atom. The molecule has 4 nitrogen and oxygen atoms in total. The van der Waals surface area contributed by atoms with Crippen LogP contribution in [0.5, 0.6) is 5.75 Å². The van der Waals surface area contributed by atoms with Crippen LogP contribution in [0.3, 0.4) is 0 Å². The standard InChI is InChI=1S/C14H20BrNO3/c1-9(2)6-12(14(17)18)16-8-10-4-5-11(15)7-13(10)19-3/h4-5,7,9,12,16H,6,8H2,1-3H3,(H,17,18). The summed E-state index contributed by atoms with van der Waals surface area (Å²) in [4.78, 5) is 11.2. The van der Waals surface area contributed by atoms with Gasteiger partial charge in [-0.2, -0.15) is 0 Å². The van der Waals surface area contributed by atoms with Crippen molar-refractivity contribution in [1.29, 1.82) is 0 Å². The Kier molecular flexibility index (Phi) is 6.31. The molecule has 1 aromatic carbocycles. The van der Waals surface area contributed by atoms with Gasteiger partial charge in [-0.15, -0.1) is 0 Å². The molecule has 1 rings (SSSR count). The lowest BCUT2D eigenvalue weighted by atomic mass is 10.0. The lowest BCUT2D eigenvalue weighted by Gasteiger charge is -2.17. The van der Waals surface area contributed by atoms with Crippen molar-refractivity contribution < 1.29 is 14.6 Å². The van der Waals surface area contributed by atoms with Crippen molar-refractivity contribution >= 4 is 21.9 Å². The molecule has 0 aliphatic carbocycles. The summed E-state index contributed by atoms with van der Waals surface area (Å²) in [6.45, 7) is 4.50.